The molecular weight excluding hydrogens is 226 g/mol. The Balaban J connectivity index is 1.73. The average Bonchev–Trinajstić information content (AvgIpc) is 2.69. The lowest BCUT2D eigenvalue weighted by Crippen LogP contribution is -2.64. The van der Waals surface area contributed by atoms with Crippen LogP contribution in [0, 0.1) is 5.92 Å². The third kappa shape index (κ3) is 2.59. The van der Waals surface area contributed by atoms with Gasteiger partial charge in [0.05, 0.1) is 13.2 Å². The standard InChI is InChI=1S/C15H27NO2/c1-2-4-7-13(6-3-1)14-15(18-11-9-16-14)8-5-10-17-12-15/h13-14,16H,1-12H2. The first-order valence-corrected chi connectivity index (χ1v) is 7.86. The lowest BCUT2D eigenvalue weighted by Gasteiger charge is -2.49. The summed E-state index contributed by atoms with van der Waals surface area (Å²) in [7, 11) is 0. The molecule has 1 spiro atoms. The molecule has 0 aromatic carbocycles. The fourth-order valence-corrected chi connectivity index (χ4v) is 4.13. The monoisotopic (exact) mass is 253 g/mol. The molecule has 0 amide bonds. The third-order valence-corrected chi connectivity index (χ3v) is 5.03. The minimum Gasteiger partial charge on any atom is -0.378 e. The van der Waals surface area contributed by atoms with Gasteiger partial charge < -0.3 is 14.8 Å². The van der Waals surface area contributed by atoms with Gasteiger partial charge in [0, 0.05) is 19.2 Å². The van der Waals surface area contributed by atoms with Gasteiger partial charge in [0.25, 0.3) is 0 Å². The van der Waals surface area contributed by atoms with Gasteiger partial charge in [0.1, 0.15) is 5.60 Å². The van der Waals surface area contributed by atoms with Crippen molar-refractivity contribution in [3.8, 4) is 0 Å². The minimum atomic E-state index is -0.00843. The van der Waals surface area contributed by atoms with Gasteiger partial charge in [-0.15, -0.1) is 0 Å². The fraction of sp³-hybridized carbons (Fsp3) is 1.00. The molecule has 2 heterocycles. The first kappa shape index (κ1) is 12.9. The molecule has 1 saturated carbocycles. The molecule has 3 aliphatic rings. The second-order valence-electron chi connectivity index (χ2n) is 6.25. The first-order valence-electron chi connectivity index (χ1n) is 7.86. The van der Waals surface area contributed by atoms with E-state index in [1.165, 1.54) is 44.9 Å². The van der Waals surface area contributed by atoms with Crippen LogP contribution in [-0.2, 0) is 9.47 Å². The highest BCUT2D eigenvalue weighted by atomic mass is 16.5. The second-order valence-corrected chi connectivity index (χ2v) is 6.25. The summed E-state index contributed by atoms with van der Waals surface area (Å²) in [6, 6.07) is 0.532. The summed E-state index contributed by atoms with van der Waals surface area (Å²) in [6.45, 7) is 3.60. The van der Waals surface area contributed by atoms with E-state index >= 15 is 0 Å². The van der Waals surface area contributed by atoms with Crippen LogP contribution in [0.15, 0.2) is 0 Å². The van der Waals surface area contributed by atoms with Gasteiger partial charge in [-0.25, -0.2) is 0 Å². The summed E-state index contributed by atoms with van der Waals surface area (Å²) in [5.41, 5.74) is -0.00843. The zero-order valence-corrected chi connectivity index (χ0v) is 11.5. The molecule has 3 heteroatoms. The smallest absolute Gasteiger partial charge is 0.107 e. The van der Waals surface area contributed by atoms with Crippen LogP contribution in [0.4, 0.5) is 0 Å². The van der Waals surface area contributed by atoms with Gasteiger partial charge in [-0.05, 0) is 31.6 Å². The van der Waals surface area contributed by atoms with Crippen molar-refractivity contribution < 1.29 is 9.47 Å². The Labute approximate surface area is 111 Å². The van der Waals surface area contributed by atoms with Crippen LogP contribution in [0.2, 0.25) is 0 Å². The number of morpholine rings is 1. The molecule has 1 aliphatic carbocycles. The Bertz CT molecular complexity index is 247. The molecule has 3 rings (SSSR count). The van der Waals surface area contributed by atoms with Crippen LogP contribution in [0.25, 0.3) is 0 Å². The maximum Gasteiger partial charge on any atom is 0.107 e. The Kier molecular flexibility index (Phi) is 4.22. The molecule has 3 nitrogen and oxygen atoms in total. The summed E-state index contributed by atoms with van der Waals surface area (Å²) < 4.78 is 12.0. The predicted molar refractivity (Wildman–Crippen MR) is 71.7 cm³/mol. The SMILES string of the molecule is C1CCCC(C2NCCOC23CCCOC3)CC1. The van der Waals surface area contributed by atoms with Crippen LogP contribution in [0.1, 0.15) is 51.4 Å². The van der Waals surface area contributed by atoms with Crippen LogP contribution in [0.5, 0.6) is 0 Å². The molecule has 2 unspecified atom stereocenters. The van der Waals surface area contributed by atoms with E-state index in [0.717, 1.165) is 38.7 Å². The maximum absolute atomic E-state index is 6.23. The van der Waals surface area contributed by atoms with Crippen LogP contribution >= 0.6 is 0 Å². The van der Waals surface area contributed by atoms with Crippen molar-refractivity contribution in [1.82, 2.24) is 5.32 Å². The molecule has 2 aliphatic heterocycles. The number of hydrogen-bond acceptors (Lipinski definition) is 3. The van der Waals surface area contributed by atoms with E-state index < -0.39 is 0 Å². The topological polar surface area (TPSA) is 30.5 Å². The Morgan fingerprint density at radius 1 is 0.944 bits per heavy atom. The van der Waals surface area contributed by atoms with E-state index in [1.807, 2.05) is 0 Å². The van der Waals surface area contributed by atoms with E-state index in [-0.39, 0.29) is 5.60 Å². The lowest BCUT2D eigenvalue weighted by atomic mass is 9.77. The molecule has 0 aromatic rings. The third-order valence-electron chi connectivity index (χ3n) is 5.03. The molecule has 3 fully saturated rings. The van der Waals surface area contributed by atoms with Crippen molar-refractivity contribution in [2.45, 2.75) is 63.0 Å². The minimum absolute atomic E-state index is 0.00843. The molecule has 18 heavy (non-hydrogen) atoms. The van der Waals surface area contributed by atoms with Gasteiger partial charge in [0.2, 0.25) is 0 Å². The first-order chi connectivity index (χ1) is 8.91. The summed E-state index contributed by atoms with van der Waals surface area (Å²) >= 11 is 0. The summed E-state index contributed by atoms with van der Waals surface area (Å²) in [5, 5.41) is 3.77. The molecule has 2 atom stereocenters. The van der Waals surface area contributed by atoms with Crippen molar-refractivity contribution >= 4 is 0 Å². The molecular formula is C15H27NO2. The van der Waals surface area contributed by atoms with Crippen LogP contribution < -0.4 is 5.32 Å². The largest absolute Gasteiger partial charge is 0.378 e. The van der Waals surface area contributed by atoms with E-state index in [1.54, 1.807) is 0 Å². The number of nitrogens with one attached hydrogen (secondary N) is 1. The van der Waals surface area contributed by atoms with Crippen molar-refractivity contribution in [3.05, 3.63) is 0 Å². The number of rotatable bonds is 1. The Hall–Kier alpha value is -0.120. The summed E-state index contributed by atoms with van der Waals surface area (Å²) in [5.74, 6) is 0.800. The zero-order chi connectivity index (χ0) is 12.3. The van der Waals surface area contributed by atoms with Gasteiger partial charge in [0.15, 0.2) is 0 Å². The normalized spacial score (nSPS) is 39.7. The number of hydrogen-bond donors (Lipinski definition) is 1. The molecule has 0 radical (unpaired) electrons. The average molecular weight is 253 g/mol. The highest BCUT2D eigenvalue weighted by Crippen LogP contribution is 2.37. The maximum atomic E-state index is 6.23. The Morgan fingerprint density at radius 3 is 2.50 bits per heavy atom. The van der Waals surface area contributed by atoms with Crippen molar-refractivity contribution in [2.75, 3.05) is 26.4 Å². The molecule has 104 valence electrons. The van der Waals surface area contributed by atoms with E-state index in [4.69, 9.17) is 9.47 Å². The molecule has 1 N–H and O–H groups in total. The van der Waals surface area contributed by atoms with E-state index in [2.05, 4.69) is 5.32 Å². The highest BCUT2D eigenvalue weighted by molar-refractivity contribution is 5.01. The highest BCUT2D eigenvalue weighted by Gasteiger charge is 2.46. The van der Waals surface area contributed by atoms with E-state index in [9.17, 15) is 0 Å². The predicted octanol–water partition coefficient (Wildman–Crippen LogP) is 2.49. The quantitative estimate of drug-likeness (QED) is 0.728. The molecule has 2 saturated heterocycles. The summed E-state index contributed by atoms with van der Waals surface area (Å²) in [6.07, 6.45) is 10.7. The van der Waals surface area contributed by atoms with Gasteiger partial charge in [-0.1, -0.05) is 25.7 Å². The van der Waals surface area contributed by atoms with Gasteiger partial charge in [-0.3, -0.25) is 0 Å². The second kappa shape index (κ2) is 5.89. The van der Waals surface area contributed by atoms with Crippen LogP contribution in [0.3, 0.4) is 0 Å². The fourth-order valence-electron chi connectivity index (χ4n) is 4.13. The van der Waals surface area contributed by atoms with Crippen LogP contribution in [-0.4, -0.2) is 38.0 Å². The van der Waals surface area contributed by atoms with E-state index in [0.29, 0.717) is 6.04 Å². The van der Waals surface area contributed by atoms with Crippen molar-refractivity contribution in [2.24, 2.45) is 5.92 Å². The molecule has 0 bridgehead atoms. The molecule has 0 aromatic heterocycles. The van der Waals surface area contributed by atoms with Gasteiger partial charge >= 0.3 is 0 Å². The zero-order valence-electron chi connectivity index (χ0n) is 11.5. The van der Waals surface area contributed by atoms with Crippen molar-refractivity contribution in [1.29, 1.82) is 0 Å². The Morgan fingerprint density at radius 2 is 1.78 bits per heavy atom. The summed E-state index contributed by atoms with van der Waals surface area (Å²) in [4.78, 5) is 0. The lowest BCUT2D eigenvalue weighted by molar-refractivity contribution is -0.173. The number of ether oxygens (including phenoxy) is 2. The van der Waals surface area contributed by atoms with Gasteiger partial charge in [-0.2, -0.15) is 0 Å². The van der Waals surface area contributed by atoms with Crippen molar-refractivity contribution in [3.63, 3.8) is 0 Å².